The minimum Gasteiger partial charge on any atom is -0.351 e. The van der Waals surface area contributed by atoms with Gasteiger partial charge in [0.25, 0.3) is 5.91 Å². The number of alkyl halides is 1. The van der Waals surface area contributed by atoms with E-state index in [1.54, 1.807) is 0 Å². The van der Waals surface area contributed by atoms with Gasteiger partial charge in [-0.15, -0.1) is 0 Å². The number of carbonyl (C=O) groups is 1. The monoisotopic (exact) mass is 375 g/mol. The van der Waals surface area contributed by atoms with Crippen molar-refractivity contribution in [1.82, 2.24) is 5.32 Å². The highest BCUT2D eigenvalue weighted by molar-refractivity contribution is 9.10. The predicted octanol–water partition coefficient (Wildman–Crippen LogP) is 4.30. The SMILES string of the molecule is Cc1ccc(Br)c(C(=O)NCC(C)(C)CCBr)c1. The van der Waals surface area contributed by atoms with Crippen molar-refractivity contribution >= 4 is 37.8 Å². The van der Waals surface area contributed by atoms with Crippen molar-refractivity contribution in [1.29, 1.82) is 0 Å². The van der Waals surface area contributed by atoms with Gasteiger partial charge in [0.1, 0.15) is 0 Å². The molecule has 0 heterocycles. The van der Waals surface area contributed by atoms with Crippen LogP contribution in [0.25, 0.3) is 0 Å². The fourth-order valence-electron chi connectivity index (χ4n) is 1.57. The van der Waals surface area contributed by atoms with E-state index >= 15 is 0 Å². The third-order valence-electron chi connectivity index (χ3n) is 2.87. The summed E-state index contributed by atoms with van der Waals surface area (Å²) in [7, 11) is 0. The Balaban J connectivity index is 2.69. The summed E-state index contributed by atoms with van der Waals surface area (Å²) in [5.41, 5.74) is 1.89. The van der Waals surface area contributed by atoms with Gasteiger partial charge in [0, 0.05) is 16.3 Å². The Bertz CT molecular complexity index is 430. The van der Waals surface area contributed by atoms with E-state index in [-0.39, 0.29) is 11.3 Å². The van der Waals surface area contributed by atoms with Crippen LogP contribution < -0.4 is 5.32 Å². The second kappa shape index (κ2) is 6.71. The molecule has 0 aliphatic carbocycles. The fraction of sp³-hybridized carbons (Fsp3) is 0.500. The molecule has 0 aromatic heterocycles. The number of amides is 1. The van der Waals surface area contributed by atoms with Crippen LogP contribution in [0.3, 0.4) is 0 Å². The number of rotatable bonds is 5. The number of carbonyl (C=O) groups excluding carboxylic acids is 1. The number of hydrogen-bond donors (Lipinski definition) is 1. The van der Waals surface area contributed by atoms with E-state index < -0.39 is 0 Å². The Labute approximate surface area is 126 Å². The van der Waals surface area contributed by atoms with Crippen LogP contribution in [0.15, 0.2) is 22.7 Å². The summed E-state index contributed by atoms with van der Waals surface area (Å²) in [6.07, 6.45) is 1.03. The maximum Gasteiger partial charge on any atom is 0.252 e. The van der Waals surface area contributed by atoms with Crippen LogP contribution in [0.5, 0.6) is 0 Å². The molecule has 1 amide bonds. The first-order valence-corrected chi connectivity index (χ1v) is 7.87. The van der Waals surface area contributed by atoms with Crippen molar-refractivity contribution in [2.45, 2.75) is 27.2 Å². The molecule has 0 aliphatic rings. The van der Waals surface area contributed by atoms with E-state index in [0.717, 1.165) is 21.8 Å². The zero-order valence-electron chi connectivity index (χ0n) is 11.0. The highest BCUT2D eigenvalue weighted by atomic mass is 79.9. The van der Waals surface area contributed by atoms with Gasteiger partial charge in [-0.3, -0.25) is 4.79 Å². The number of nitrogens with one attached hydrogen (secondary N) is 1. The molecular weight excluding hydrogens is 358 g/mol. The Kier molecular flexibility index (Phi) is 5.86. The molecular formula is C14H19Br2NO. The molecule has 0 fully saturated rings. The molecule has 0 saturated heterocycles. The smallest absolute Gasteiger partial charge is 0.252 e. The molecule has 100 valence electrons. The van der Waals surface area contributed by atoms with Crippen molar-refractivity contribution in [3.05, 3.63) is 33.8 Å². The van der Waals surface area contributed by atoms with Gasteiger partial charge in [-0.25, -0.2) is 0 Å². The summed E-state index contributed by atoms with van der Waals surface area (Å²) < 4.78 is 0.837. The molecule has 0 saturated carbocycles. The molecule has 1 N–H and O–H groups in total. The first-order chi connectivity index (χ1) is 8.35. The van der Waals surface area contributed by atoms with E-state index in [9.17, 15) is 4.79 Å². The third kappa shape index (κ3) is 4.73. The summed E-state index contributed by atoms with van der Waals surface area (Å²) in [4.78, 5) is 12.1. The van der Waals surface area contributed by atoms with Crippen molar-refractivity contribution in [3.63, 3.8) is 0 Å². The third-order valence-corrected chi connectivity index (χ3v) is 3.95. The molecule has 1 rings (SSSR count). The normalized spacial score (nSPS) is 11.4. The van der Waals surface area contributed by atoms with Crippen molar-refractivity contribution in [2.24, 2.45) is 5.41 Å². The average molecular weight is 377 g/mol. The number of benzene rings is 1. The molecule has 1 aromatic rings. The lowest BCUT2D eigenvalue weighted by Crippen LogP contribution is -2.34. The van der Waals surface area contributed by atoms with E-state index in [1.165, 1.54) is 0 Å². The number of halogens is 2. The van der Waals surface area contributed by atoms with E-state index in [2.05, 4.69) is 51.0 Å². The minimum absolute atomic E-state index is 0.0202. The fourth-order valence-corrected chi connectivity index (χ4v) is 3.07. The molecule has 1 aromatic carbocycles. The van der Waals surface area contributed by atoms with E-state index in [0.29, 0.717) is 12.1 Å². The standard InChI is InChI=1S/C14H19Br2NO/c1-10-4-5-12(16)11(8-10)13(18)17-9-14(2,3)6-7-15/h4-5,8H,6-7,9H2,1-3H3,(H,17,18). The molecule has 0 spiro atoms. The van der Waals surface area contributed by atoms with Crippen LogP contribution in [-0.2, 0) is 0 Å². The minimum atomic E-state index is -0.0202. The second-order valence-corrected chi connectivity index (χ2v) is 6.92. The first-order valence-electron chi connectivity index (χ1n) is 5.96. The van der Waals surface area contributed by atoms with Gasteiger partial charge in [-0.05, 0) is 46.8 Å². The molecule has 0 radical (unpaired) electrons. The van der Waals surface area contributed by atoms with Crippen LogP contribution in [0.2, 0.25) is 0 Å². The summed E-state index contributed by atoms with van der Waals surface area (Å²) >= 11 is 6.85. The lowest BCUT2D eigenvalue weighted by atomic mass is 9.90. The van der Waals surface area contributed by atoms with Gasteiger partial charge >= 0.3 is 0 Å². The topological polar surface area (TPSA) is 29.1 Å². The molecule has 0 atom stereocenters. The zero-order chi connectivity index (χ0) is 13.8. The van der Waals surface area contributed by atoms with Gasteiger partial charge in [0.05, 0.1) is 5.56 Å². The average Bonchev–Trinajstić information content (AvgIpc) is 2.29. The molecule has 4 heteroatoms. The van der Waals surface area contributed by atoms with Gasteiger partial charge in [0.15, 0.2) is 0 Å². The van der Waals surface area contributed by atoms with Crippen molar-refractivity contribution < 1.29 is 4.79 Å². The maximum atomic E-state index is 12.1. The van der Waals surface area contributed by atoms with Crippen LogP contribution in [0.4, 0.5) is 0 Å². The Morgan fingerprint density at radius 2 is 2.06 bits per heavy atom. The maximum absolute atomic E-state index is 12.1. The largest absolute Gasteiger partial charge is 0.351 e. The highest BCUT2D eigenvalue weighted by Crippen LogP contribution is 2.21. The Morgan fingerprint density at radius 1 is 1.39 bits per heavy atom. The van der Waals surface area contributed by atoms with Gasteiger partial charge < -0.3 is 5.32 Å². The van der Waals surface area contributed by atoms with Gasteiger partial charge in [-0.1, -0.05) is 41.4 Å². The number of aryl methyl sites for hydroxylation is 1. The zero-order valence-corrected chi connectivity index (χ0v) is 14.2. The Hall–Kier alpha value is -0.350. The highest BCUT2D eigenvalue weighted by Gasteiger charge is 2.19. The summed E-state index contributed by atoms with van der Waals surface area (Å²) in [5.74, 6) is -0.0202. The van der Waals surface area contributed by atoms with Crippen LogP contribution in [0, 0.1) is 12.3 Å². The summed E-state index contributed by atoms with van der Waals surface area (Å²) in [5, 5.41) is 3.95. The Morgan fingerprint density at radius 3 is 2.67 bits per heavy atom. The molecule has 2 nitrogen and oxygen atoms in total. The van der Waals surface area contributed by atoms with Crippen molar-refractivity contribution in [3.8, 4) is 0 Å². The lowest BCUT2D eigenvalue weighted by molar-refractivity contribution is 0.0935. The summed E-state index contributed by atoms with van der Waals surface area (Å²) in [6.45, 7) is 6.97. The summed E-state index contributed by atoms with van der Waals surface area (Å²) in [6, 6.07) is 5.79. The van der Waals surface area contributed by atoms with Gasteiger partial charge in [0.2, 0.25) is 0 Å². The molecule has 0 unspecified atom stereocenters. The lowest BCUT2D eigenvalue weighted by Gasteiger charge is -2.24. The van der Waals surface area contributed by atoms with E-state index in [1.807, 2.05) is 25.1 Å². The van der Waals surface area contributed by atoms with Gasteiger partial charge in [-0.2, -0.15) is 0 Å². The van der Waals surface area contributed by atoms with Crippen molar-refractivity contribution in [2.75, 3.05) is 11.9 Å². The second-order valence-electron chi connectivity index (χ2n) is 5.27. The van der Waals surface area contributed by atoms with E-state index in [4.69, 9.17) is 0 Å². The number of hydrogen-bond acceptors (Lipinski definition) is 1. The predicted molar refractivity (Wildman–Crippen MR) is 83.4 cm³/mol. The molecule has 18 heavy (non-hydrogen) atoms. The van der Waals surface area contributed by atoms with Crippen LogP contribution in [-0.4, -0.2) is 17.8 Å². The molecule has 0 aliphatic heterocycles. The van der Waals surface area contributed by atoms with Crippen LogP contribution in [0.1, 0.15) is 36.2 Å². The van der Waals surface area contributed by atoms with Crippen LogP contribution >= 0.6 is 31.9 Å². The molecule has 0 bridgehead atoms. The quantitative estimate of drug-likeness (QED) is 0.762. The first kappa shape index (κ1) is 15.7.